The van der Waals surface area contributed by atoms with Crippen LogP contribution in [0.2, 0.25) is 5.02 Å². The highest BCUT2D eigenvalue weighted by molar-refractivity contribution is 7.93. The quantitative estimate of drug-likeness (QED) is 0.572. The molecule has 0 spiro atoms. The first-order valence-corrected chi connectivity index (χ1v) is 9.31. The molecule has 0 aliphatic carbocycles. The summed E-state index contributed by atoms with van der Waals surface area (Å²) in [5.74, 6) is -1.24. The number of sulfonamides is 1. The molecule has 0 aliphatic rings. The normalized spacial score (nSPS) is 12.3. The molecule has 0 saturated carbocycles. The number of alkyl halides is 4. The van der Waals surface area contributed by atoms with Gasteiger partial charge in [-0.15, -0.1) is 11.6 Å². The third-order valence-electron chi connectivity index (χ3n) is 3.30. The van der Waals surface area contributed by atoms with E-state index >= 15 is 0 Å². The molecule has 1 aromatic carbocycles. The first-order chi connectivity index (χ1) is 12.3. The topological polar surface area (TPSA) is 90.2 Å². The molecular formula is C13H9Cl2F4N3O4S. The van der Waals surface area contributed by atoms with Crippen LogP contribution in [0.5, 0.6) is 0 Å². The van der Waals surface area contributed by atoms with Crippen LogP contribution in [0.25, 0.3) is 5.69 Å². The SMILES string of the molecule is Cn1c(C(F)(F)F)cc(=O)n(-c2cc(NS(=O)(=O)CCl)c(Cl)cc2F)c1=O. The summed E-state index contributed by atoms with van der Waals surface area (Å²) in [5.41, 5.74) is -5.74. The largest absolute Gasteiger partial charge is 0.431 e. The van der Waals surface area contributed by atoms with E-state index in [1.165, 1.54) is 0 Å². The minimum atomic E-state index is -4.99. The lowest BCUT2D eigenvalue weighted by atomic mass is 10.2. The van der Waals surface area contributed by atoms with Crippen LogP contribution < -0.4 is 16.0 Å². The van der Waals surface area contributed by atoms with Crippen LogP contribution in [0.15, 0.2) is 27.8 Å². The molecule has 0 unspecified atom stereocenters. The Morgan fingerprint density at radius 2 is 1.78 bits per heavy atom. The van der Waals surface area contributed by atoms with Crippen molar-refractivity contribution in [2.75, 3.05) is 9.93 Å². The fraction of sp³-hybridized carbons (Fsp3) is 0.231. The van der Waals surface area contributed by atoms with Crippen molar-refractivity contribution in [3.63, 3.8) is 0 Å². The molecule has 0 fully saturated rings. The van der Waals surface area contributed by atoms with Crippen LogP contribution in [0.4, 0.5) is 23.2 Å². The Balaban J connectivity index is 2.78. The number of hydrogen-bond acceptors (Lipinski definition) is 4. The smallest absolute Gasteiger partial charge is 0.292 e. The van der Waals surface area contributed by atoms with Gasteiger partial charge >= 0.3 is 11.9 Å². The van der Waals surface area contributed by atoms with Crippen LogP contribution in [0.1, 0.15) is 5.69 Å². The summed E-state index contributed by atoms with van der Waals surface area (Å²) in [5, 5.41) is -1.31. The second-order valence-corrected chi connectivity index (χ2v) is 7.87. The van der Waals surface area contributed by atoms with Crippen molar-refractivity contribution >= 4 is 38.9 Å². The van der Waals surface area contributed by atoms with Gasteiger partial charge in [-0.25, -0.2) is 22.2 Å². The maximum atomic E-state index is 14.2. The van der Waals surface area contributed by atoms with Crippen LogP contribution in [-0.2, 0) is 23.2 Å². The third-order valence-corrected chi connectivity index (χ3v) is 5.29. The summed E-state index contributed by atoms with van der Waals surface area (Å²) in [6.07, 6.45) is -4.99. The second kappa shape index (κ2) is 7.17. The molecule has 0 amide bonds. The molecule has 14 heteroatoms. The van der Waals surface area contributed by atoms with Crippen LogP contribution >= 0.6 is 23.2 Å². The highest BCUT2D eigenvalue weighted by atomic mass is 35.5. The van der Waals surface area contributed by atoms with Gasteiger partial charge in [0.05, 0.1) is 16.4 Å². The number of nitrogens with zero attached hydrogens (tertiary/aromatic N) is 2. The maximum absolute atomic E-state index is 14.2. The standard InChI is InChI=1S/C13H9Cl2F4N3O4S/c1-21-10(13(17,18)19)4-11(23)22(12(21)24)9-3-8(6(15)2-7(9)16)20-27(25,26)5-14/h2-4,20H,5H2,1H3. The molecule has 1 aromatic heterocycles. The Labute approximate surface area is 158 Å². The van der Waals surface area contributed by atoms with Crippen molar-refractivity contribution in [3.05, 3.63) is 55.6 Å². The number of hydrogen-bond donors (Lipinski definition) is 1. The van der Waals surface area contributed by atoms with E-state index in [1.807, 2.05) is 4.72 Å². The summed E-state index contributed by atoms with van der Waals surface area (Å²) < 4.78 is 78.1. The fourth-order valence-electron chi connectivity index (χ4n) is 2.10. The van der Waals surface area contributed by atoms with E-state index in [1.54, 1.807) is 0 Å². The Morgan fingerprint density at radius 3 is 2.30 bits per heavy atom. The maximum Gasteiger partial charge on any atom is 0.431 e. The van der Waals surface area contributed by atoms with Gasteiger partial charge in [0.25, 0.3) is 5.56 Å². The number of aromatic nitrogens is 2. The molecule has 27 heavy (non-hydrogen) atoms. The van der Waals surface area contributed by atoms with Gasteiger partial charge in [0, 0.05) is 13.1 Å². The summed E-state index contributed by atoms with van der Waals surface area (Å²) in [6, 6.07) is 1.39. The fourth-order valence-corrected chi connectivity index (χ4v) is 3.08. The van der Waals surface area contributed by atoms with E-state index in [0.717, 1.165) is 7.05 Å². The summed E-state index contributed by atoms with van der Waals surface area (Å²) in [4.78, 5) is 24.3. The first kappa shape index (κ1) is 21.3. The molecule has 1 heterocycles. The monoisotopic (exact) mass is 449 g/mol. The third kappa shape index (κ3) is 4.28. The molecule has 0 radical (unpaired) electrons. The number of nitrogens with one attached hydrogen (secondary N) is 1. The van der Waals surface area contributed by atoms with Gasteiger partial charge in [0.15, 0.2) is 0 Å². The first-order valence-electron chi connectivity index (χ1n) is 6.74. The number of halogens is 6. The van der Waals surface area contributed by atoms with Gasteiger partial charge in [-0.3, -0.25) is 14.1 Å². The van der Waals surface area contributed by atoms with Crippen molar-refractivity contribution in [3.8, 4) is 5.69 Å². The molecule has 7 nitrogen and oxygen atoms in total. The van der Waals surface area contributed by atoms with Crippen molar-refractivity contribution in [1.29, 1.82) is 0 Å². The van der Waals surface area contributed by atoms with E-state index in [2.05, 4.69) is 0 Å². The van der Waals surface area contributed by atoms with E-state index in [4.69, 9.17) is 23.2 Å². The van der Waals surface area contributed by atoms with Gasteiger partial charge in [-0.2, -0.15) is 13.2 Å². The molecule has 0 atom stereocenters. The minimum absolute atomic E-state index is 0.109. The second-order valence-electron chi connectivity index (χ2n) is 5.15. The van der Waals surface area contributed by atoms with Crippen LogP contribution in [0.3, 0.4) is 0 Å². The molecule has 148 valence electrons. The Hall–Kier alpha value is -2.05. The predicted molar refractivity (Wildman–Crippen MR) is 90.5 cm³/mol. The van der Waals surface area contributed by atoms with Crippen LogP contribution in [0, 0.1) is 5.82 Å². The lowest BCUT2D eigenvalue weighted by Crippen LogP contribution is -2.41. The Morgan fingerprint density at radius 1 is 1.19 bits per heavy atom. The average Bonchev–Trinajstić information content (AvgIpc) is 2.53. The predicted octanol–water partition coefficient (Wildman–Crippen LogP) is 2.29. The zero-order valence-corrected chi connectivity index (χ0v) is 15.5. The number of rotatable bonds is 4. The highest BCUT2D eigenvalue weighted by Crippen LogP contribution is 2.29. The van der Waals surface area contributed by atoms with Crippen molar-refractivity contribution < 1.29 is 26.0 Å². The Kier molecular flexibility index (Phi) is 5.64. The van der Waals surface area contributed by atoms with E-state index in [-0.39, 0.29) is 15.2 Å². The molecule has 0 saturated heterocycles. The molecular weight excluding hydrogens is 441 g/mol. The zero-order valence-electron chi connectivity index (χ0n) is 13.1. The van der Waals surface area contributed by atoms with Crippen molar-refractivity contribution in [1.82, 2.24) is 9.13 Å². The minimum Gasteiger partial charge on any atom is -0.292 e. The Bertz CT molecular complexity index is 1130. The lowest BCUT2D eigenvalue weighted by molar-refractivity contribution is -0.144. The van der Waals surface area contributed by atoms with Gasteiger partial charge in [0.2, 0.25) is 10.0 Å². The molecule has 0 aliphatic heterocycles. The van der Waals surface area contributed by atoms with E-state index in [9.17, 15) is 35.6 Å². The molecule has 1 N–H and O–H groups in total. The number of anilines is 1. The highest BCUT2D eigenvalue weighted by Gasteiger charge is 2.35. The van der Waals surface area contributed by atoms with Gasteiger partial charge < -0.3 is 0 Å². The van der Waals surface area contributed by atoms with Gasteiger partial charge in [-0.05, 0) is 12.1 Å². The van der Waals surface area contributed by atoms with E-state index < -0.39 is 60.6 Å². The summed E-state index contributed by atoms with van der Waals surface area (Å²) in [7, 11) is -3.33. The number of benzene rings is 1. The van der Waals surface area contributed by atoms with Crippen molar-refractivity contribution in [2.45, 2.75) is 6.18 Å². The van der Waals surface area contributed by atoms with Crippen LogP contribution in [-0.4, -0.2) is 22.8 Å². The van der Waals surface area contributed by atoms with Gasteiger partial charge in [0.1, 0.15) is 16.7 Å². The van der Waals surface area contributed by atoms with E-state index in [0.29, 0.717) is 12.1 Å². The van der Waals surface area contributed by atoms with Crippen molar-refractivity contribution in [2.24, 2.45) is 7.05 Å². The average molecular weight is 450 g/mol. The molecule has 2 aromatic rings. The lowest BCUT2D eigenvalue weighted by Gasteiger charge is -2.15. The zero-order chi connectivity index (χ0) is 20.7. The summed E-state index contributed by atoms with van der Waals surface area (Å²) in [6.45, 7) is 0. The molecule has 2 rings (SSSR count). The van der Waals surface area contributed by atoms with Gasteiger partial charge in [-0.1, -0.05) is 11.6 Å². The molecule has 0 bridgehead atoms. The summed E-state index contributed by atoms with van der Waals surface area (Å²) >= 11 is 11.0.